The van der Waals surface area contributed by atoms with Crippen LogP contribution >= 0.6 is 0 Å². The minimum absolute atomic E-state index is 0.0962. The molecule has 0 radical (unpaired) electrons. The van der Waals surface area contributed by atoms with E-state index in [0.717, 1.165) is 6.61 Å². The zero-order valence-electron chi connectivity index (χ0n) is 10.5. The smallest absolute Gasteiger partial charge is 0.155 e. The Morgan fingerprint density at radius 1 is 1.19 bits per heavy atom. The van der Waals surface area contributed by atoms with Crippen molar-refractivity contribution >= 4 is 0 Å². The van der Waals surface area contributed by atoms with Gasteiger partial charge in [-0.25, -0.2) is 0 Å². The van der Waals surface area contributed by atoms with Crippen LogP contribution in [0.5, 0.6) is 0 Å². The Morgan fingerprint density at radius 2 is 1.94 bits per heavy atom. The Labute approximate surface area is 97.6 Å². The second kappa shape index (κ2) is 4.56. The molecule has 0 aromatic heterocycles. The first-order chi connectivity index (χ1) is 7.58. The third kappa shape index (κ3) is 2.28. The Hall–Kier alpha value is -0.860. The van der Waals surface area contributed by atoms with Gasteiger partial charge >= 0.3 is 0 Å². The van der Waals surface area contributed by atoms with Crippen molar-refractivity contribution < 1.29 is 9.47 Å². The van der Waals surface area contributed by atoms with E-state index in [1.807, 2.05) is 6.92 Å². The van der Waals surface area contributed by atoms with E-state index < -0.39 is 0 Å². The number of hydrogen-bond donors (Lipinski definition) is 0. The van der Waals surface area contributed by atoms with Crippen LogP contribution in [0.15, 0.2) is 18.2 Å². The zero-order chi connectivity index (χ0) is 11.7. The summed E-state index contributed by atoms with van der Waals surface area (Å²) in [5.74, 6) is 0.414. The average Bonchev–Trinajstić information content (AvgIpc) is 2.25. The van der Waals surface area contributed by atoms with Crippen LogP contribution in [0.3, 0.4) is 0 Å². The van der Waals surface area contributed by atoms with E-state index in [9.17, 15) is 0 Å². The van der Waals surface area contributed by atoms with Gasteiger partial charge in [0.15, 0.2) is 6.29 Å². The van der Waals surface area contributed by atoms with Crippen molar-refractivity contribution in [3.63, 3.8) is 0 Å². The molecule has 0 saturated carbocycles. The molecular weight excluding hydrogens is 200 g/mol. The molecule has 0 N–H and O–H groups in total. The first-order valence-electron chi connectivity index (χ1n) is 5.92. The first kappa shape index (κ1) is 11.6. The highest BCUT2D eigenvalue weighted by atomic mass is 16.7. The molecule has 3 atom stereocenters. The fourth-order valence-corrected chi connectivity index (χ4v) is 2.20. The number of hydrogen-bond acceptors (Lipinski definition) is 2. The summed E-state index contributed by atoms with van der Waals surface area (Å²) in [7, 11) is 0. The molecule has 0 bridgehead atoms. The van der Waals surface area contributed by atoms with Crippen LogP contribution in [-0.2, 0) is 9.47 Å². The maximum Gasteiger partial charge on any atom is 0.155 e. The van der Waals surface area contributed by atoms with Crippen molar-refractivity contribution in [3.8, 4) is 0 Å². The molecule has 1 heterocycles. The van der Waals surface area contributed by atoms with Crippen molar-refractivity contribution in [2.75, 3.05) is 6.61 Å². The molecule has 1 aliphatic heterocycles. The van der Waals surface area contributed by atoms with Gasteiger partial charge in [-0.3, -0.25) is 0 Å². The fraction of sp³-hybridized carbons (Fsp3) is 0.571. The van der Waals surface area contributed by atoms with E-state index in [1.165, 1.54) is 16.7 Å². The highest BCUT2D eigenvalue weighted by Gasteiger charge is 2.29. The standard InChI is InChI=1S/C14H20O2/c1-9-5-6-10(2)13(7-9)14-11(3)8-15-12(4)16-14/h5-7,11-12,14H,8H2,1-4H3. The fourth-order valence-electron chi connectivity index (χ4n) is 2.20. The van der Waals surface area contributed by atoms with Gasteiger partial charge in [0.05, 0.1) is 12.7 Å². The minimum atomic E-state index is -0.0962. The number of rotatable bonds is 1. The van der Waals surface area contributed by atoms with E-state index >= 15 is 0 Å². The predicted molar refractivity (Wildman–Crippen MR) is 64.3 cm³/mol. The highest BCUT2D eigenvalue weighted by Crippen LogP contribution is 2.33. The quantitative estimate of drug-likeness (QED) is 0.722. The van der Waals surface area contributed by atoms with Crippen molar-refractivity contribution in [1.82, 2.24) is 0 Å². The molecule has 1 fully saturated rings. The van der Waals surface area contributed by atoms with Gasteiger partial charge in [-0.1, -0.05) is 30.7 Å². The molecule has 1 aliphatic rings. The normalized spacial score (nSPS) is 30.4. The Kier molecular flexibility index (Phi) is 3.31. The van der Waals surface area contributed by atoms with Gasteiger partial charge in [-0.15, -0.1) is 0 Å². The van der Waals surface area contributed by atoms with Crippen LogP contribution in [0.4, 0.5) is 0 Å². The molecular formula is C14H20O2. The molecule has 2 nitrogen and oxygen atoms in total. The molecule has 2 heteroatoms. The van der Waals surface area contributed by atoms with Gasteiger partial charge < -0.3 is 9.47 Å². The molecule has 1 aromatic rings. The lowest BCUT2D eigenvalue weighted by atomic mass is 9.92. The predicted octanol–water partition coefficient (Wildman–Crippen LogP) is 3.37. The van der Waals surface area contributed by atoms with Crippen LogP contribution in [0, 0.1) is 19.8 Å². The van der Waals surface area contributed by atoms with Crippen LogP contribution in [0.25, 0.3) is 0 Å². The summed E-state index contributed by atoms with van der Waals surface area (Å²) >= 11 is 0. The van der Waals surface area contributed by atoms with E-state index in [0.29, 0.717) is 5.92 Å². The largest absolute Gasteiger partial charge is 0.353 e. The maximum atomic E-state index is 5.90. The molecule has 0 aliphatic carbocycles. The molecule has 16 heavy (non-hydrogen) atoms. The lowest BCUT2D eigenvalue weighted by molar-refractivity contribution is -0.227. The molecule has 3 unspecified atom stereocenters. The van der Waals surface area contributed by atoms with Crippen molar-refractivity contribution in [2.45, 2.75) is 40.1 Å². The topological polar surface area (TPSA) is 18.5 Å². The third-order valence-electron chi connectivity index (χ3n) is 3.19. The summed E-state index contributed by atoms with van der Waals surface area (Å²) in [6.07, 6.45) is 0.0739. The second-order valence-electron chi connectivity index (χ2n) is 4.79. The Balaban J connectivity index is 2.30. The number of benzene rings is 1. The van der Waals surface area contributed by atoms with Crippen molar-refractivity contribution in [2.24, 2.45) is 5.92 Å². The summed E-state index contributed by atoms with van der Waals surface area (Å²) < 4.78 is 11.4. The summed E-state index contributed by atoms with van der Waals surface area (Å²) in [6.45, 7) is 9.18. The van der Waals surface area contributed by atoms with E-state index in [2.05, 4.69) is 39.0 Å². The van der Waals surface area contributed by atoms with Crippen LogP contribution < -0.4 is 0 Å². The summed E-state index contributed by atoms with van der Waals surface area (Å²) in [6, 6.07) is 6.54. The monoisotopic (exact) mass is 220 g/mol. The molecule has 1 aromatic carbocycles. The van der Waals surface area contributed by atoms with Gasteiger partial charge in [-0.05, 0) is 31.9 Å². The Morgan fingerprint density at radius 3 is 2.69 bits per heavy atom. The number of aryl methyl sites for hydroxylation is 2. The van der Waals surface area contributed by atoms with Gasteiger partial charge in [0, 0.05) is 5.92 Å². The maximum absolute atomic E-state index is 5.90. The number of ether oxygens (including phenoxy) is 2. The van der Waals surface area contributed by atoms with E-state index in [1.54, 1.807) is 0 Å². The SMILES string of the molecule is Cc1ccc(C)c(C2OC(C)OCC2C)c1. The van der Waals surface area contributed by atoms with Crippen LogP contribution in [0.1, 0.15) is 36.6 Å². The van der Waals surface area contributed by atoms with Gasteiger partial charge in [0.1, 0.15) is 0 Å². The molecule has 88 valence electrons. The lowest BCUT2D eigenvalue weighted by Crippen LogP contribution is -2.32. The van der Waals surface area contributed by atoms with Gasteiger partial charge in [-0.2, -0.15) is 0 Å². The minimum Gasteiger partial charge on any atom is -0.353 e. The Bertz CT molecular complexity index is 373. The summed E-state index contributed by atoms with van der Waals surface area (Å²) in [5.41, 5.74) is 3.90. The van der Waals surface area contributed by atoms with Gasteiger partial charge in [0.2, 0.25) is 0 Å². The lowest BCUT2D eigenvalue weighted by Gasteiger charge is -2.34. The summed E-state index contributed by atoms with van der Waals surface area (Å²) in [5, 5.41) is 0. The third-order valence-corrected chi connectivity index (χ3v) is 3.19. The van der Waals surface area contributed by atoms with Crippen molar-refractivity contribution in [1.29, 1.82) is 0 Å². The van der Waals surface area contributed by atoms with E-state index in [4.69, 9.17) is 9.47 Å². The van der Waals surface area contributed by atoms with Crippen molar-refractivity contribution in [3.05, 3.63) is 34.9 Å². The summed E-state index contributed by atoms with van der Waals surface area (Å²) in [4.78, 5) is 0. The molecule has 0 spiro atoms. The van der Waals surface area contributed by atoms with E-state index in [-0.39, 0.29) is 12.4 Å². The highest BCUT2D eigenvalue weighted by molar-refractivity contribution is 5.32. The average molecular weight is 220 g/mol. The molecule has 0 amide bonds. The molecule has 1 saturated heterocycles. The zero-order valence-corrected chi connectivity index (χ0v) is 10.5. The molecule has 2 rings (SSSR count). The van der Waals surface area contributed by atoms with Gasteiger partial charge in [0.25, 0.3) is 0 Å². The van der Waals surface area contributed by atoms with Crippen LogP contribution in [0.2, 0.25) is 0 Å². The first-order valence-corrected chi connectivity index (χ1v) is 5.92. The van der Waals surface area contributed by atoms with Crippen LogP contribution in [-0.4, -0.2) is 12.9 Å². The second-order valence-corrected chi connectivity index (χ2v) is 4.79.